The van der Waals surface area contributed by atoms with Crippen molar-refractivity contribution < 1.29 is 13.7 Å². The average molecular weight is 314 g/mol. The Morgan fingerprint density at radius 3 is 2.76 bits per heavy atom. The number of nitrogens with zero attached hydrogens (tertiary/aromatic N) is 3. The molecule has 21 heavy (non-hydrogen) atoms. The lowest BCUT2D eigenvalue weighted by atomic mass is 10.2. The fraction of sp³-hybridized carbons (Fsp3) is 0.333. The normalized spacial score (nSPS) is 12.4. The molecule has 0 saturated carbocycles. The highest BCUT2D eigenvalue weighted by atomic mass is 32.1. The smallest absolute Gasteiger partial charge is 0.308 e. The summed E-state index contributed by atoms with van der Waals surface area (Å²) >= 11 is 1.06. The Balaban J connectivity index is 2.45. The predicted octanol–water partition coefficient (Wildman–Crippen LogP) is 3.06. The summed E-state index contributed by atoms with van der Waals surface area (Å²) in [5.74, 6) is -2.00. The van der Waals surface area contributed by atoms with E-state index in [1.54, 1.807) is 0 Å². The first kappa shape index (κ1) is 15.4. The van der Waals surface area contributed by atoms with Crippen LogP contribution in [0.15, 0.2) is 12.1 Å². The number of halogens is 2. The molecule has 1 aromatic carbocycles. The molecular formula is C12H12F2N4O2S. The third-order valence-electron chi connectivity index (χ3n) is 2.77. The van der Waals surface area contributed by atoms with Crippen LogP contribution in [0.3, 0.4) is 0 Å². The molecule has 1 unspecified atom stereocenters. The molecule has 0 radical (unpaired) electrons. The molecule has 0 saturated heterocycles. The Bertz CT molecular complexity index is 677. The molecule has 6 nitrogen and oxygen atoms in total. The average Bonchev–Trinajstić information content (AvgIpc) is 2.90. The maximum Gasteiger partial charge on any atom is 0.308 e. The monoisotopic (exact) mass is 314 g/mol. The minimum absolute atomic E-state index is 0.0899. The minimum atomic E-state index is -1.11. The van der Waals surface area contributed by atoms with E-state index in [4.69, 9.17) is 0 Å². The van der Waals surface area contributed by atoms with Crippen molar-refractivity contribution >= 4 is 17.0 Å². The highest BCUT2D eigenvalue weighted by Crippen LogP contribution is 2.33. The first-order chi connectivity index (χ1) is 9.93. The van der Waals surface area contributed by atoms with Gasteiger partial charge in [-0.05, 0) is 19.5 Å². The number of hydrogen-bond donors (Lipinski definition) is 1. The number of hydrogen-bond acceptors (Lipinski definition) is 6. The van der Waals surface area contributed by atoms with Gasteiger partial charge in [-0.2, -0.15) is 4.39 Å². The van der Waals surface area contributed by atoms with Crippen LogP contribution in [0.2, 0.25) is 0 Å². The molecule has 0 amide bonds. The lowest BCUT2D eigenvalue weighted by Crippen LogP contribution is -2.17. The lowest BCUT2D eigenvalue weighted by Gasteiger charge is -2.06. The van der Waals surface area contributed by atoms with E-state index < -0.39 is 22.2 Å². The Morgan fingerprint density at radius 1 is 1.43 bits per heavy atom. The molecule has 2 aromatic rings. The van der Waals surface area contributed by atoms with Gasteiger partial charge < -0.3 is 5.32 Å². The summed E-state index contributed by atoms with van der Waals surface area (Å²) in [4.78, 5) is 9.75. The largest absolute Gasteiger partial charge is 0.308 e. The van der Waals surface area contributed by atoms with Gasteiger partial charge in [-0.1, -0.05) is 18.3 Å². The molecule has 1 N–H and O–H groups in total. The molecule has 9 heteroatoms. The van der Waals surface area contributed by atoms with Crippen LogP contribution in [0, 0.1) is 21.7 Å². The first-order valence-corrected chi connectivity index (χ1v) is 6.96. The van der Waals surface area contributed by atoms with Crippen molar-refractivity contribution in [3.05, 3.63) is 38.9 Å². The van der Waals surface area contributed by atoms with E-state index in [-0.39, 0.29) is 16.6 Å². The molecule has 1 heterocycles. The maximum atomic E-state index is 14.1. The third kappa shape index (κ3) is 3.19. The van der Waals surface area contributed by atoms with E-state index in [2.05, 4.69) is 15.5 Å². The van der Waals surface area contributed by atoms with Gasteiger partial charge in [0.15, 0.2) is 5.01 Å². The van der Waals surface area contributed by atoms with Crippen molar-refractivity contribution in [1.82, 2.24) is 15.5 Å². The molecular weight excluding hydrogens is 302 g/mol. The van der Waals surface area contributed by atoms with Gasteiger partial charge in [0.1, 0.15) is 10.8 Å². The standard InChI is InChI=1S/C12H12F2N4O2S/c1-3-15-6(2)11-16-17-12(21-11)8-4-7(13)5-9(10(8)14)18(19)20/h4-6,15H,3H2,1-2H3. The number of nitrogens with one attached hydrogen (secondary N) is 1. The molecule has 0 bridgehead atoms. The van der Waals surface area contributed by atoms with Gasteiger partial charge in [0, 0.05) is 0 Å². The highest BCUT2D eigenvalue weighted by Gasteiger charge is 2.23. The minimum Gasteiger partial charge on any atom is -0.308 e. The maximum absolute atomic E-state index is 14.1. The summed E-state index contributed by atoms with van der Waals surface area (Å²) in [7, 11) is 0. The Kier molecular flexibility index (Phi) is 4.53. The van der Waals surface area contributed by atoms with E-state index in [9.17, 15) is 18.9 Å². The number of nitro groups is 1. The predicted molar refractivity (Wildman–Crippen MR) is 74.0 cm³/mol. The summed E-state index contributed by atoms with van der Waals surface area (Å²) in [6, 6.07) is 1.33. The van der Waals surface area contributed by atoms with Gasteiger partial charge in [-0.3, -0.25) is 10.1 Å². The lowest BCUT2D eigenvalue weighted by molar-refractivity contribution is -0.387. The topological polar surface area (TPSA) is 81.0 Å². The van der Waals surface area contributed by atoms with Crippen molar-refractivity contribution in [2.75, 3.05) is 6.54 Å². The van der Waals surface area contributed by atoms with Crippen molar-refractivity contribution in [3.63, 3.8) is 0 Å². The Hall–Kier alpha value is -2.00. The zero-order valence-corrected chi connectivity index (χ0v) is 12.1. The van der Waals surface area contributed by atoms with E-state index in [0.29, 0.717) is 11.1 Å². The van der Waals surface area contributed by atoms with Crippen LogP contribution < -0.4 is 5.32 Å². The van der Waals surface area contributed by atoms with Crippen LogP contribution in [0.4, 0.5) is 14.5 Å². The second kappa shape index (κ2) is 6.19. The van der Waals surface area contributed by atoms with Gasteiger partial charge >= 0.3 is 5.69 Å². The molecule has 0 fully saturated rings. The number of nitro benzene ring substituents is 1. The molecule has 2 rings (SSSR count). The molecule has 1 aromatic heterocycles. The Labute approximate surface area is 123 Å². The van der Waals surface area contributed by atoms with E-state index in [1.807, 2.05) is 13.8 Å². The van der Waals surface area contributed by atoms with Crippen LogP contribution in [-0.2, 0) is 0 Å². The van der Waals surface area contributed by atoms with Crippen molar-refractivity contribution in [2.45, 2.75) is 19.9 Å². The molecule has 112 valence electrons. The summed E-state index contributed by atoms with van der Waals surface area (Å²) in [5.41, 5.74) is -1.17. The zero-order chi connectivity index (χ0) is 15.6. The van der Waals surface area contributed by atoms with Crippen LogP contribution >= 0.6 is 11.3 Å². The summed E-state index contributed by atoms with van der Waals surface area (Å²) < 4.78 is 27.5. The second-order valence-corrected chi connectivity index (χ2v) is 5.28. The van der Waals surface area contributed by atoms with Crippen LogP contribution in [0.25, 0.3) is 10.6 Å². The van der Waals surface area contributed by atoms with E-state index >= 15 is 0 Å². The molecule has 0 aliphatic heterocycles. The van der Waals surface area contributed by atoms with Crippen molar-refractivity contribution in [1.29, 1.82) is 0 Å². The summed E-state index contributed by atoms with van der Waals surface area (Å²) in [6.45, 7) is 4.50. The zero-order valence-electron chi connectivity index (χ0n) is 11.3. The number of rotatable bonds is 5. The van der Waals surface area contributed by atoms with Gasteiger partial charge in [0.2, 0.25) is 5.82 Å². The van der Waals surface area contributed by atoms with E-state index in [1.165, 1.54) is 0 Å². The Morgan fingerprint density at radius 2 is 2.14 bits per heavy atom. The SMILES string of the molecule is CCNC(C)c1nnc(-c2cc(F)cc([N+](=O)[O-])c2F)s1. The second-order valence-electron chi connectivity index (χ2n) is 4.27. The molecule has 0 aliphatic carbocycles. The molecule has 1 atom stereocenters. The number of benzene rings is 1. The van der Waals surface area contributed by atoms with Gasteiger partial charge in [0.05, 0.1) is 22.6 Å². The summed E-state index contributed by atoms with van der Waals surface area (Å²) in [5, 5.41) is 22.2. The highest BCUT2D eigenvalue weighted by molar-refractivity contribution is 7.14. The molecule has 0 aliphatic rings. The van der Waals surface area contributed by atoms with Crippen molar-refractivity contribution in [2.24, 2.45) is 0 Å². The fourth-order valence-corrected chi connectivity index (χ4v) is 2.66. The molecule has 0 spiro atoms. The summed E-state index contributed by atoms with van der Waals surface area (Å²) in [6.07, 6.45) is 0. The first-order valence-electron chi connectivity index (χ1n) is 6.14. The fourth-order valence-electron chi connectivity index (χ4n) is 1.78. The van der Waals surface area contributed by atoms with Crippen molar-refractivity contribution in [3.8, 4) is 10.6 Å². The van der Waals surface area contributed by atoms with Crippen LogP contribution in [0.5, 0.6) is 0 Å². The third-order valence-corrected chi connectivity index (χ3v) is 3.91. The van der Waals surface area contributed by atoms with Gasteiger partial charge in [-0.15, -0.1) is 10.2 Å². The number of aromatic nitrogens is 2. The van der Waals surface area contributed by atoms with E-state index in [0.717, 1.165) is 23.9 Å². The van der Waals surface area contributed by atoms with Gasteiger partial charge in [-0.25, -0.2) is 4.39 Å². The van der Waals surface area contributed by atoms with Crippen LogP contribution in [0.1, 0.15) is 24.9 Å². The van der Waals surface area contributed by atoms with Gasteiger partial charge in [0.25, 0.3) is 0 Å². The van der Waals surface area contributed by atoms with Crippen LogP contribution in [-0.4, -0.2) is 21.7 Å². The quantitative estimate of drug-likeness (QED) is 0.677.